The second-order valence-electron chi connectivity index (χ2n) is 2.90. The van der Waals surface area contributed by atoms with E-state index in [2.05, 4.69) is 5.32 Å². The number of carbonyl (C=O) groups excluding carboxylic acids is 2. The van der Waals surface area contributed by atoms with Crippen molar-refractivity contribution in [3.05, 3.63) is 0 Å². The lowest BCUT2D eigenvalue weighted by molar-refractivity contribution is -0.142. The van der Waals surface area contributed by atoms with Crippen molar-refractivity contribution in [2.24, 2.45) is 0 Å². The highest BCUT2D eigenvalue weighted by Gasteiger charge is 2.21. The lowest BCUT2D eigenvalue weighted by Crippen LogP contribution is -2.38. The molecule has 6 nitrogen and oxygen atoms in total. The first kappa shape index (κ1) is 14.8. The van der Waals surface area contributed by atoms with Gasteiger partial charge in [0.25, 0.3) is 0 Å². The third kappa shape index (κ3) is 5.59. The summed E-state index contributed by atoms with van der Waals surface area (Å²) < 4.78 is 4.76. The summed E-state index contributed by atoms with van der Waals surface area (Å²) in [6, 6.07) is -0.987. The Morgan fingerprint density at radius 1 is 1.56 bits per heavy atom. The zero-order chi connectivity index (χ0) is 12.6. The van der Waals surface area contributed by atoms with Crippen molar-refractivity contribution in [3.63, 3.8) is 0 Å². The van der Waals surface area contributed by atoms with E-state index in [1.54, 1.807) is 13.8 Å². The van der Waals surface area contributed by atoms with Gasteiger partial charge in [0.1, 0.15) is 6.04 Å². The molecule has 0 bridgehead atoms. The maximum absolute atomic E-state index is 11.2. The number of carbonyl (C=O) groups is 3. The Morgan fingerprint density at radius 3 is 2.62 bits per heavy atom. The monoisotopic (exact) mass is 249 g/mol. The highest BCUT2D eigenvalue weighted by Crippen LogP contribution is 2.13. The standard InChI is InChI=1S/C9H15NO5S/c1-3-15-9(14)6(2)16-4-7(8(12)13)10-5-11/h5-7H,3-4H2,1-2H3,(H,10,11)(H,12,13). The van der Waals surface area contributed by atoms with Crippen LogP contribution in [0.5, 0.6) is 0 Å². The molecule has 0 saturated carbocycles. The first-order chi connectivity index (χ1) is 7.52. The first-order valence-corrected chi connectivity index (χ1v) is 5.78. The fraction of sp³-hybridized carbons (Fsp3) is 0.667. The molecule has 7 heteroatoms. The summed E-state index contributed by atoms with van der Waals surface area (Å²) in [4.78, 5) is 32.0. The molecule has 92 valence electrons. The molecular formula is C9H15NO5S. The van der Waals surface area contributed by atoms with E-state index in [1.165, 1.54) is 0 Å². The van der Waals surface area contributed by atoms with Crippen LogP contribution < -0.4 is 5.32 Å². The van der Waals surface area contributed by atoms with E-state index in [9.17, 15) is 14.4 Å². The molecule has 16 heavy (non-hydrogen) atoms. The third-order valence-corrected chi connectivity index (χ3v) is 2.92. The fourth-order valence-electron chi connectivity index (χ4n) is 0.841. The second kappa shape index (κ2) is 7.98. The van der Waals surface area contributed by atoms with Crippen LogP contribution in [0.3, 0.4) is 0 Å². The molecule has 0 radical (unpaired) electrons. The quantitative estimate of drug-likeness (QED) is 0.460. The van der Waals surface area contributed by atoms with Crippen LogP contribution in [0.4, 0.5) is 0 Å². The maximum Gasteiger partial charge on any atom is 0.327 e. The lowest BCUT2D eigenvalue weighted by Gasteiger charge is -2.14. The van der Waals surface area contributed by atoms with Gasteiger partial charge in [0, 0.05) is 5.75 Å². The number of ether oxygens (including phenoxy) is 1. The van der Waals surface area contributed by atoms with Crippen molar-refractivity contribution in [1.29, 1.82) is 0 Å². The summed E-state index contributed by atoms with van der Waals surface area (Å²) in [6.07, 6.45) is 0.328. The normalized spacial score (nSPS) is 13.6. The summed E-state index contributed by atoms with van der Waals surface area (Å²) in [6.45, 7) is 3.62. The van der Waals surface area contributed by atoms with Crippen molar-refractivity contribution >= 4 is 30.1 Å². The smallest absolute Gasteiger partial charge is 0.327 e. The first-order valence-electron chi connectivity index (χ1n) is 4.73. The number of hydrogen-bond acceptors (Lipinski definition) is 5. The average molecular weight is 249 g/mol. The summed E-state index contributed by atoms with van der Waals surface area (Å²) in [5.74, 6) is -1.40. The van der Waals surface area contributed by atoms with Crippen LogP contribution >= 0.6 is 11.8 Å². The van der Waals surface area contributed by atoms with Gasteiger partial charge in [-0.3, -0.25) is 9.59 Å². The van der Waals surface area contributed by atoms with Gasteiger partial charge < -0.3 is 15.2 Å². The van der Waals surface area contributed by atoms with Gasteiger partial charge in [-0.15, -0.1) is 11.8 Å². The van der Waals surface area contributed by atoms with Gasteiger partial charge >= 0.3 is 11.9 Å². The molecule has 0 fully saturated rings. The minimum Gasteiger partial charge on any atom is -0.480 e. The van der Waals surface area contributed by atoms with E-state index in [0.717, 1.165) is 11.8 Å². The van der Waals surface area contributed by atoms with Gasteiger partial charge in [-0.2, -0.15) is 0 Å². The third-order valence-electron chi connectivity index (χ3n) is 1.70. The SMILES string of the molecule is CCOC(=O)C(C)SCC(NC=O)C(=O)O. The summed E-state index contributed by atoms with van der Waals surface area (Å²) >= 11 is 1.12. The number of carboxylic acid groups (broad SMARTS) is 1. The summed E-state index contributed by atoms with van der Waals surface area (Å²) in [7, 11) is 0. The lowest BCUT2D eigenvalue weighted by atomic mass is 10.3. The fourth-order valence-corrected chi connectivity index (χ4v) is 1.77. The van der Waals surface area contributed by atoms with Crippen LogP contribution in [0.2, 0.25) is 0 Å². The van der Waals surface area contributed by atoms with Crippen molar-refractivity contribution < 1.29 is 24.2 Å². The molecule has 0 aromatic rings. The average Bonchev–Trinajstić information content (AvgIpc) is 2.23. The molecule has 2 atom stereocenters. The Bertz CT molecular complexity index is 258. The van der Waals surface area contributed by atoms with Crippen molar-refractivity contribution in [2.45, 2.75) is 25.1 Å². The number of rotatable bonds is 8. The van der Waals surface area contributed by atoms with Crippen molar-refractivity contribution in [2.75, 3.05) is 12.4 Å². The Hall–Kier alpha value is -1.24. The van der Waals surface area contributed by atoms with Crippen LogP contribution in [-0.4, -0.2) is 47.1 Å². The van der Waals surface area contributed by atoms with Crippen molar-refractivity contribution in [3.8, 4) is 0 Å². The number of thioether (sulfide) groups is 1. The zero-order valence-electron chi connectivity index (χ0n) is 9.13. The molecule has 0 aliphatic heterocycles. The van der Waals surface area contributed by atoms with E-state index < -0.39 is 17.3 Å². The molecule has 0 aliphatic rings. The highest BCUT2D eigenvalue weighted by atomic mass is 32.2. The predicted octanol–water partition coefficient (Wildman–Crippen LogP) is -0.130. The van der Waals surface area contributed by atoms with Crippen LogP contribution in [0.25, 0.3) is 0 Å². The second-order valence-corrected chi connectivity index (χ2v) is 4.28. The van der Waals surface area contributed by atoms with E-state index in [0.29, 0.717) is 13.0 Å². The van der Waals surface area contributed by atoms with Gasteiger partial charge in [0.15, 0.2) is 0 Å². The van der Waals surface area contributed by atoms with Crippen LogP contribution in [0.1, 0.15) is 13.8 Å². The molecular weight excluding hydrogens is 234 g/mol. The molecule has 0 saturated heterocycles. The molecule has 0 aromatic carbocycles. The van der Waals surface area contributed by atoms with Crippen LogP contribution in [0, 0.1) is 0 Å². The Labute approximate surface area is 97.7 Å². The highest BCUT2D eigenvalue weighted by molar-refractivity contribution is 8.00. The molecule has 1 amide bonds. The largest absolute Gasteiger partial charge is 0.480 e. The number of amides is 1. The molecule has 0 aliphatic carbocycles. The van der Waals surface area contributed by atoms with Crippen LogP contribution in [0.15, 0.2) is 0 Å². The topological polar surface area (TPSA) is 92.7 Å². The molecule has 2 unspecified atom stereocenters. The zero-order valence-corrected chi connectivity index (χ0v) is 9.95. The number of nitrogens with one attached hydrogen (secondary N) is 1. The van der Waals surface area contributed by atoms with Gasteiger partial charge in [-0.25, -0.2) is 4.79 Å². The molecule has 2 N–H and O–H groups in total. The maximum atomic E-state index is 11.2. The van der Waals surface area contributed by atoms with Gasteiger partial charge in [-0.05, 0) is 13.8 Å². The van der Waals surface area contributed by atoms with E-state index in [1.807, 2.05) is 0 Å². The predicted molar refractivity (Wildman–Crippen MR) is 59.2 cm³/mol. The number of hydrogen-bond donors (Lipinski definition) is 2. The molecule has 0 aromatic heterocycles. The number of esters is 1. The Kier molecular flexibility index (Phi) is 7.36. The minimum atomic E-state index is -1.13. The minimum absolute atomic E-state index is 0.119. The van der Waals surface area contributed by atoms with Gasteiger partial charge in [0.2, 0.25) is 6.41 Å². The molecule has 0 heterocycles. The number of aliphatic carboxylic acids is 1. The molecule has 0 rings (SSSR count). The van der Waals surface area contributed by atoms with Gasteiger partial charge in [-0.1, -0.05) is 0 Å². The van der Waals surface area contributed by atoms with Crippen LogP contribution in [-0.2, 0) is 19.1 Å². The van der Waals surface area contributed by atoms with Gasteiger partial charge in [0.05, 0.1) is 11.9 Å². The van der Waals surface area contributed by atoms with E-state index >= 15 is 0 Å². The Morgan fingerprint density at radius 2 is 2.19 bits per heavy atom. The molecule has 0 spiro atoms. The van der Waals surface area contributed by atoms with E-state index in [4.69, 9.17) is 9.84 Å². The van der Waals surface area contributed by atoms with Crippen molar-refractivity contribution in [1.82, 2.24) is 5.32 Å². The van der Waals surface area contributed by atoms with E-state index in [-0.39, 0.29) is 11.7 Å². The Balaban J connectivity index is 4.04. The summed E-state index contributed by atoms with van der Waals surface area (Å²) in [5, 5.41) is 10.4. The number of carboxylic acids is 1. The summed E-state index contributed by atoms with van der Waals surface area (Å²) in [5.41, 5.74) is 0.